The molecule has 2 heterocycles. The third kappa shape index (κ3) is 5.56. The molecule has 4 aromatic rings. The Morgan fingerprint density at radius 3 is 2.31 bits per heavy atom. The molecule has 0 aliphatic heterocycles. The van der Waals surface area contributed by atoms with E-state index in [9.17, 15) is 19.2 Å². The smallest absolute Gasteiger partial charge is 0.354 e. The van der Waals surface area contributed by atoms with Gasteiger partial charge in [0.15, 0.2) is 0 Å². The molecule has 0 unspecified atom stereocenters. The molecule has 11 heteroatoms. The molecule has 0 bridgehead atoms. The number of nitrogens with one attached hydrogen (secondary N) is 1. The fourth-order valence-corrected chi connectivity index (χ4v) is 3.54. The lowest BCUT2D eigenvalue weighted by Gasteiger charge is -2.16. The van der Waals surface area contributed by atoms with Crippen molar-refractivity contribution in [1.82, 2.24) is 18.7 Å². The minimum absolute atomic E-state index is 0.00819. The van der Waals surface area contributed by atoms with Crippen molar-refractivity contribution in [2.75, 3.05) is 5.32 Å². The van der Waals surface area contributed by atoms with Crippen molar-refractivity contribution in [3.05, 3.63) is 115 Å². The average molecular weight is 494 g/mol. The van der Waals surface area contributed by atoms with E-state index in [0.717, 1.165) is 10.1 Å². The SMILES string of the molecule is O=C(O)CCn1c(=O)nc(Nc2ccc(-n3ccccc3=O)cc2)n(Cc2ccc(Cl)cc2)c1=O. The van der Waals surface area contributed by atoms with Gasteiger partial charge < -0.3 is 10.4 Å². The Kier molecular flexibility index (Phi) is 6.93. The van der Waals surface area contributed by atoms with E-state index in [2.05, 4.69) is 10.3 Å². The van der Waals surface area contributed by atoms with Gasteiger partial charge in [0.2, 0.25) is 5.95 Å². The lowest BCUT2D eigenvalue weighted by Crippen LogP contribution is -2.43. The molecule has 0 saturated carbocycles. The van der Waals surface area contributed by atoms with Crippen LogP contribution in [0.3, 0.4) is 0 Å². The number of carboxylic acids is 1. The van der Waals surface area contributed by atoms with Gasteiger partial charge in [-0.3, -0.25) is 18.7 Å². The number of hydrogen-bond donors (Lipinski definition) is 2. The minimum Gasteiger partial charge on any atom is -0.481 e. The highest BCUT2D eigenvalue weighted by molar-refractivity contribution is 6.30. The molecule has 0 amide bonds. The van der Waals surface area contributed by atoms with Gasteiger partial charge in [-0.25, -0.2) is 14.2 Å². The largest absolute Gasteiger partial charge is 0.481 e. The maximum Gasteiger partial charge on any atom is 0.354 e. The molecule has 35 heavy (non-hydrogen) atoms. The number of anilines is 2. The van der Waals surface area contributed by atoms with Gasteiger partial charge in [-0.05, 0) is 48.0 Å². The van der Waals surface area contributed by atoms with E-state index >= 15 is 0 Å². The molecular weight excluding hydrogens is 474 g/mol. The van der Waals surface area contributed by atoms with Gasteiger partial charge in [-0.15, -0.1) is 0 Å². The molecule has 2 N–H and O–H groups in total. The fraction of sp³-hybridized carbons (Fsp3) is 0.125. The summed E-state index contributed by atoms with van der Waals surface area (Å²) in [6.45, 7) is -0.238. The van der Waals surface area contributed by atoms with E-state index in [-0.39, 0.29) is 24.6 Å². The van der Waals surface area contributed by atoms with Crippen molar-refractivity contribution in [2.45, 2.75) is 19.5 Å². The van der Waals surface area contributed by atoms with Crippen molar-refractivity contribution in [1.29, 1.82) is 0 Å². The van der Waals surface area contributed by atoms with Gasteiger partial charge in [-0.1, -0.05) is 29.8 Å². The highest BCUT2D eigenvalue weighted by atomic mass is 35.5. The monoisotopic (exact) mass is 493 g/mol. The molecule has 0 saturated heterocycles. The predicted octanol–water partition coefficient (Wildman–Crippen LogP) is 2.48. The van der Waals surface area contributed by atoms with Crippen LogP contribution in [0.4, 0.5) is 11.6 Å². The molecule has 0 spiro atoms. The zero-order chi connectivity index (χ0) is 24.9. The zero-order valence-electron chi connectivity index (χ0n) is 18.3. The van der Waals surface area contributed by atoms with Gasteiger partial charge in [0.05, 0.1) is 13.0 Å². The summed E-state index contributed by atoms with van der Waals surface area (Å²) < 4.78 is 3.52. The van der Waals surface area contributed by atoms with Crippen LogP contribution in [0.15, 0.2) is 87.3 Å². The molecule has 0 atom stereocenters. The summed E-state index contributed by atoms with van der Waals surface area (Å²) in [5.41, 5.74) is 0.142. The lowest BCUT2D eigenvalue weighted by molar-refractivity contribution is -0.137. The van der Waals surface area contributed by atoms with Gasteiger partial charge in [-0.2, -0.15) is 4.98 Å². The number of halogens is 1. The molecule has 2 aromatic carbocycles. The fourth-order valence-electron chi connectivity index (χ4n) is 3.41. The van der Waals surface area contributed by atoms with Crippen LogP contribution in [-0.4, -0.2) is 29.8 Å². The zero-order valence-corrected chi connectivity index (χ0v) is 19.1. The van der Waals surface area contributed by atoms with Gasteiger partial charge in [0, 0.05) is 35.2 Å². The lowest BCUT2D eigenvalue weighted by atomic mass is 10.2. The van der Waals surface area contributed by atoms with Crippen molar-refractivity contribution >= 4 is 29.2 Å². The summed E-state index contributed by atoms with van der Waals surface area (Å²) in [6, 6.07) is 18.4. The number of pyridine rings is 1. The minimum atomic E-state index is -1.14. The van der Waals surface area contributed by atoms with E-state index in [4.69, 9.17) is 16.7 Å². The number of rotatable bonds is 8. The van der Waals surface area contributed by atoms with Crippen LogP contribution in [0.25, 0.3) is 5.69 Å². The normalized spacial score (nSPS) is 10.8. The third-order valence-corrected chi connectivity index (χ3v) is 5.43. The van der Waals surface area contributed by atoms with E-state index in [1.54, 1.807) is 66.9 Å². The molecular formula is C24H20ClN5O5. The van der Waals surface area contributed by atoms with Crippen LogP contribution in [0.5, 0.6) is 0 Å². The predicted molar refractivity (Wildman–Crippen MR) is 131 cm³/mol. The van der Waals surface area contributed by atoms with E-state index < -0.39 is 23.8 Å². The number of carbonyl (C=O) groups is 1. The molecule has 2 aromatic heterocycles. The molecule has 178 valence electrons. The first-order valence-corrected chi connectivity index (χ1v) is 10.9. The van der Waals surface area contributed by atoms with E-state index in [0.29, 0.717) is 16.4 Å². The summed E-state index contributed by atoms with van der Waals surface area (Å²) in [6.07, 6.45) is 1.25. The van der Waals surface area contributed by atoms with Crippen molar-refractivity contribution in [2.24, 2.45) is 0 Å². The molecule has 0 radical (unpaired) electrons. The highest BCUT2D eigenvalue weighted by Crippen LogP contribution is 2.17. The first-order chi connectivity index (χ1) is 16.8. The van der Waals surface area contributed by atoms with Crippen molar-refractivity contribution < 1.29 is 9.90 Å². The quantitative estimate of drug-likeness (QED) is 0.386. The van der Waals surface area contributed by atoms with Crippen LogP contribution in [0.2, 0.25) is 5.02 Å². The first kappa shape index (κ1) is 23.7. The second-order valence-electron chi connectivity index (χ2n) is 7.59. The molecule has 0 aliphatic rings. The van der Waals surface area contributed by atoms with Gasteiger partial charge in [0.25, 0.3) is 5.56 Å². The number of aliphatic carboxylic acids is 1. The molecule has 10 nitrogen and oxygen atoms in total. The average Bonchev–Trinajstić information content (AvgIpc) is 2.83. The van der Waals surface area contributed by atoms with Crippen molar-refractivity contribution in [3.8, 4) is 5.69 Å². The number of benzene rings is 2. The number of carboxylic acid groups (broad SMARTS) is 1. The first-order valence-electron chi connectivity index (χ1n) is 10.5. The standard InChI is InChI=1S/C24H20ClN5O5/c25-17-6-4-16(5-7-17)15-30-22(27-23(34)29(24(30)35)14-12-21(32)33)26-18-8-10-19(11-9-18)28-13-2-1-3-20(28)31/h1-11,13H,12,14-15H2,(H,32,33)(H,26,27,34). The Morgan fingerprint density at radius 2 is 1.66 bits per heavy atom. The summed E-state index contributed by atoms with van der Waals surface area (Å²) in [5.74, 6) is -1.15. The van der Waals surface area contributed by atoms with E-state index in [1.165, 1.54) is 15.2 Å². The number of hydrogen-bond acceptors (Lipinski definition) is 6. The van der Waals surface area contributed by atoms with Crippen LogP contribution in [-0.2, 0) is 17.9 Å². The summed E-state index contributed by atoms with van der Waals surface area (Å²) in [5, 5.41) is 12.5. The Hall–Kier alpha value is -4.44. The highest BCUT2D eigenvalue weighted by Gasteiger charge is 2.15. The number of aromatic nitrogens is 4. The van der Waals surface area contributed by atoms with E-state index in [1.807, 2.05) is 0 Å². The maximum absolute atomic E-state index is 13.2. The Morgan fingerprint density at radius 1 is 0.943 bits per heavy atom. The molecule has 0 fully saturated rings. The van der Waals surface area contributed by atoms with Crippen LogP contribution in [0.1, 0.15) is 12.0 Å². The van der Waals surface area contributed by atoms with Crippen LogP contribution >= 0.6 is 11.6 Å². The summed E-state index contributed by atoms with van der Waals surface area (Å²) in [7, 11) is 0. The summed E-state index contributed by atoms with van der Waals surface area (Å²) in [4.78, 5) is 52.7. The third-order valence-electron chi connectivity index (χ3n) is 5.18. The van der Waals surface area contributed by atoms with Crippen molar-refractivity contribution in [3.63, 3.8) is 0 Å². The van der Waals surface area contributed by atoms with Gasteiger partial charge in [0.1, 0.15) is 0 Å². The van der Waals surface area contributed by atoms with Crippen LogP contribution < -0.4 is 22.3 Å². The summed E-state index contributed by atoms with van der Waals surface area (Å²) >= 11 is 5.95. The number of nitrogens with zero attached hydrogens (tertiary/aromatic N) is 4. The maximum atomic E-state index is 13.2. The Balaban J connectivity index is 1.71. The van der Waals surface area contributed by atoms with Gasteiger partial charge >= 0.3 is 17.3 Å². The second kappa shape index (κ2) is 10.2. The Labute approximate surface area is 203 Å². The Bertz CT molecular complexity index is 1540. The molecule has 4 rings (SSSR count). The van der Waals surface area contributed by atoms with Crippen LogP contribution in [0, 0.1) is 0 Å². The second-order valence-corrected chi connectivity index (χ2v) is 8.03. The molecule has 0 aliphatic carbocycles. The topological polar surface area (TPSA) is 128 Å².